The average molecular weight is 276 g/mol. The van der Waals surface area contributed by atoms with Gasteiger partial charge in [0.1, 0.15) is 5.75 Å². The molecule has 0 spiro atoms. The number of rotatable bonds is 4. The van der Waals surface area contributed by atoms with E-state index >= 15 is 0 Å². The first-order chi connectivity index (χ1) is 9.74. The third-order valence-electron chi connectivity index (χ3n) is 3.68. The Hall–Kier alpha value is -1.71. The third-order valence-corrected chi connectivity index (χ3v) is 3.68. The van der Waals surface area contributed by atoms with Crippen molar-refractivity contribution in [1.82, 2.24) is 10.6 Å². The molecule has 0 saturated heterocycles. The SMILES string of the molecule is Cc1ccc(OCNC(=O)NC2CCCCCC2)cc1. The van der Waals surface area contributed by atoms with E-state index in [0.29, 0.717) is 6.04 Å². The fraction of sp³-hybridized carbons (Fsp3) is 0.562. The lowest BCUT2D eigenvalue weighted by Gasteiger charge is -2.17. The normalized spacial score (nSPS) is 16.2. The Balaban J connectivity index is 1.65. The van der Waals surface area contributed by atoms with Gasteiger partial charge in [-0.2, -0.15) is 0 Å². The van der Waals surface area contributed by atoms with Crippen molar-refractivity contribution in [2.45, 2.75) is 51.5 Å². The maximum Gasteiger partial charge on any atom is 0.317 e. The number of benzene rings is 1. The molecule has 0 unspecified atom stereocenters. The third kappa shape index (κ3) is 5.11. The molecule has 1 aliphatic carbocycles. The van der Waals surface area contributed by atoms with Gasteiger partial charge in [0.05, 0.1) is 0 Å². The van der Waals surface area contributed by atoms with E-state index in [-0.39, 0.29) is 12.8 Å². The maximum absolute atomic E-state index is 11.8. The molecular weight excluding hydrogens is 252 g/mol. The molecule has 0 aromatic heterocycles. The van der Waals surface area contributed by atoms with Crippen molar-refractivity contribution in [3.63, 3.8) is 0 Å². The van der Waals surface area contributed by atoms with E-state index in [4.69, 9.17) is 4.74 Å². The molecule has 1 aromatic rings. The van der Waals surface area contributed by atoms with E-state index in [9.17, 15) is 4.79 Å². The molecule has 4 heteroatoms. The predicted octanol–water partition coefficient (Wildman–Crippen LogP) is 3.35. The first-order valence-corrected chi connectivity index (χ1v) is 7.48. The lowest BCUT2D eigenvalue weighted by molar-refractivity contribution is 0.219. The largest absolute Gasteiger partial charge is 0.473 e. The van der Waals surface area contributed by atoms with E-state index < -0.39 is 0 Å². The quantitative estimate of drug-likeness (QED) is 0.654. The minimum absolute atomic E-state index is 0.135. The Morgan fingerprint density at radius 3 is 2.45 bits per heavy atom. The van der Waals surface area contributed by atoms with E-state index in [2.05, 4.69) is 10.6 Å². The Bertz CT molecular complexity index is 409. The second-order valence-electron chi connectivity index (χ2n) is 5.44. The molecule has 110 valence electrons. The number of amides is 2. The predicted molar refractivity (Wildman–Crippen MR) is 79.8 cm³/mol. The van der Waals surface area contributed by atoms with Gasteiger partial charge >= 0.3 is 6.03 Å². The summed E-state index contributed by atoms with van der Waals surface area (Å²) in [7, 11) is 0. The fourth-order valence-corrected chi connectivity index (χ4v) is 2.48. The summed E-state index contributed by atoms with van der Waals surface area (Å²) in [4.78, 5) is 11.8. The Morgan fingerprint density at radius 1 is 1.15 bits per heavy atom. The first-order valence-electron chi connectivity index (χ1n) is 7.48. The first kappa shape index (κ1) is 14.7. The van der Waals surface area contributed by atoms with Crippen molar-refractivity contribution in [3.8, 4) is 5.75 Å². The molecule has 2 N–H and O–H groups in total. The number of hydrogen-bond acceptors (Lipinski definition) is 2. The number of urea groups is 1. The zero-order valence-electron chi connectivity index (χ0n) is 12.2. The summed E-state index contributed by atoms with van der Waals surface area (Å²) >= 11 is 0. The highest BCUT2D eigenvalue weighted by Crippen LogP contribution is 2.17. The molecule has 20 heavy (non-hydrogen) atoms. The smallest absolute Gasteiger partial charge is 0.317 e. The second kappa shape index (κ2) is 7.78. The summed E-state index contributed by atoms with van der Waals surface area (Å²) in [6.45, 7) is 2.23. The van der Waals surface area contributed by atoms with Crippen molar-refractivity contribution < 1.29 is 9.53 Å². The summed E-state index contributed by atoms with van der Waals surface area (Å²) in [5, 5.41) is 5.77. The molecule has 0 radical (unpaired) electrons. The Labute approximate surface area is 120 Å². The molecular formula is C16H24N2O2. The number of ether oxygens (including phenoxy) is 1. The summed E-state index contributed by atoms with van der Waals surface area (Å²) in [6, 6.07) is 7.96. The monoisotopic (exact) mass is 276 g/mol. The van der Waals surface area contributed by atoms with Crippen LogP contribution in [-0.4, -0.2) is 18.8 Å². The van der Waals surface area contributed by atoms with E-state index in [1.807, 2.05) is 31.2 Å². The lowest BCUT2D eigenvalue weighted by Crippen LogP contribution is -2.43. The molecule has 2 amide bonds. The van der Waals surface area contributed by atoms with Crippen molar-refractivity contribution in [2.75, 3.05) is 6.73 Å². The zero-order chi connectivity index (χ0) is 14.2. The number of hydrogen-bond donors (Lipinski definition) is 2. The average Bonchev–Trinajstić information content (AvgIpc) is 2.70. The number of aryl methyl sites for hydroxylation is 1. The molecule has 0 bridgehead atoms. The van der Waals surface area contributed by atoms with Gasteiger partial charge in [0.25, 0.3) is 0 Å². The van der Waals surface area contributed by atoms with Gasteiger partial charge in [-0.1, -0.05) is 43.4 Å². The van der Waals surface area contributed by atoms with Gasteiger partial charge < -0.3 is 15.4 Å². The topological polar surface area (TPSA) is 50.4 Å². The number of carbonyl (C=O) groups is 1. The molecule has 0 aliphatic heterocycles. The summed E-state index contributed by atoms with van der Waals surface area (Å²) in [5.41, 5.74) is 1.19. The van der Waals surface area contributed by atoms with Crippen LogP contribution in [0.15, 0.2) is 24.3 Å². The van der Waals surface area contributed by atoms with Crippen LogP contribution >= 0.6 is 0 Å². The number of carbonyl (C=O) groups excluding carboxylic acids is 1. The molecule has 2 rings (SSSR count). The standard InChI is InChI=1S/C16H24N2O2/c1-13-8-10-15(11-9-13)20-12-17-16(19)18-14-6-4-2-3-5-7-14/h8-11,14H,2-7,12H2,1H3,(H2,17,18,19). The second-order valence-corrected chi connectivity index (χ2v) is 5.44. The minimum atomic E-state index is -0.135. The summed E-state index contributed by atoms with van der Waals surface area (Å²) < 4.78 is 5.47. The van der Waals surface area contributed by atoms with E-state index in [1.165, 1.54) is 31.2 Å². The molecule has 0 heterocycles. The molecule has 1 fully saturated rings. The minimum Gasteiger partial charge on any atom is -0.473 e. The zero-order valence-corrected chi connectivity index (χ0v) is 12.2. The van der Waals surface area contributed by atoms with Gasteiger partial charge in [-0.3, -0.25) is 0 Å². The van der Waals surface area contributed by atoms with Crippen LogP contribution < -0.4 is 15.4 Å². The molecule has 1 saturated carbocycles. The van der Waals surface area contributed by atoms with Gasteiger partial charge in [0, 0.05) is 6.04 Å². The fourth-order valence-electron chi connectivity index (χ4n) is 2.48. The lowest BCUT2D eigenvalue weighted by atomic mass is 10.1. The molecule has 4 nitrogen and oxygen atoms in total. The Kier molecular flexibility index (Phi) is 5.71. The van der Waals surface area contributed by atoms with Crippen molar-refractivity contribution in [1.29, 1.82) is 0 Å². The number of nitrogens with one attached hydrogen (secondary N) is 2. The highest BCUT2D eigenvalue weighted by Gasteiger charge is 2.14. The van der Waals surface area contributed by atoms with Crippen LogP contribution in [0, 0.1) is 6.92 Å². The summed E-state index contributed by atoms with van der Waals surface area (Å²) in [5.74, 6) is 0.769. The van der Waals surface area contributed by atoms with Crippen LogP contribution in [0.2, 0.25) is 0 Å². The van der Waals surface area contributed by atoms with Gasteiger partial charge in [0.15, 0.2) is 6.73 Å². The van der Waals surface area contributed by atoms with Crippen LogP contribution in [0.5, 0.6) is 5.75 Å². The van der Waals surface area contributed by atoms with Crippen LogP contribution in [0.1, 0.15) is 44.1 Å². The molecule has 1 aliphatic rings. The van der Waals surface area contributed by atoms with Gasteiger partial charge in [0.2, 0.25) is 0 Å². The van der Waals surface area contributed by atoms with Crippen LogP contribution in [0.3, 0.4) is 0 Å². The molecule has 0 atom stereocenters. The van der Waals surface area contributed by atoms with Crippen molar-refractivity contribution >= 4 is 6.03 Å². The van der Waals surface area contributed by atoms with Crippen LogP contribution in [-0.2, 0) is 0 Å². The van der Waals surface area contributed by atoms with Crippen LogP contribution in [0.25, 0.3) is 0 Å². The van der Waals surface area contributed by atoms with Gasteiger partial charge in [-0.25, -0.2) is 4.79 Å². The van der Waals surface area contributed by atoms with E-state index in [1.54, 1.807) is 0 Å². The Morgan fingerprint density at radius 2 is 1.80 bits per heavy atom. The highest BCUT2D eigenvalue weighted by atomic mass is 16.5. The highest BCUT2D eigenvalue weighted by molar-refractivity contribution is 5.74. The van der Waals surface area contributed by atoms with E-state index in [0.717, 1.165) is 18.6 Å². The maximum atomic E-state index is 11.8. The van der Waals surface area contributed by atoms with Gasteiger partial charge in [-0.15, -0.1) is 0 Å². The van der Waals surface area contributed by atoms with Crippen molar-refractivity contribution in [2.24, 2.45) is 0 Å². The van der Waals surface area contributed by atoms with Gasteiger partial charge in [-0.05, 0) is 31.9 Å². The molecule has 1 aromatic carbocycles. The summed E-state index contributed by atoms with van der Waals surface area (Å²) in [6.07, 6.45) is 7.18. The van der Waals surface area contributed by atoms with Crippen LogP contribution in [0.4, 0.5) is 4.79 Å². The van der Waals surface area contributed by atoms with Crippen molar-refractivity contribution in [3.05, 3.63) is 29.8 Å².